The normalized spacial score (nSPS) is 13.8. The molecule has 1 aromatic carbocycles. The molecule has 0 aliphatic rings. The van der Waals surface area contributed by atoms with Crippen LogP contribution in [0.25, 0.3) is 0 Å². The molecule has 5 nitrogen and oxygen atoms in total. The molecular formula is C9H13O5P. The summed E-state index contributed by atoms with van der Waals surface area (Å²) < 4.78 is 21.1. The summed E-state index contributed by atoms with van der Waals surface area (Å²) >= 11 is 0. The van der Waals surface area contributed by atoms with E-state index in [0.717, 1.165) is 0 Å². The SMILES string of the molecule is COP(=O)(OC)C(O)c1ccccc1O. The van der Waals surface area contributed by atoms with E-state index in [2.05, 4.69) is 9.05 Å². The lowest BCUT2D eigenvalue weighted by Crippen LogP contribution is -2.02. The van der Waals surface area contributed by atoms with Crippen molar-refractivity contribution in [2.75, 3.05) is 14.2 Å². The average molecular weight is 232 g/mol. The van der Waals surface area contributed by atoms with Crippen LogP contribution < -0.4 is 0 Å². The Bertz CT molecular complexity index is 371. The summed E-state index contributed by atoms with van der Waals surface area (Å²) in [4.78, 5) is 0. The third-order valence-corrected chi connectivity index (χ3v) is 3.92. The van der Waals surface area contributed by atoms with E-state index >= 15 is 0 Å². The third kappa shape index (κ3) is 2.38. The summed E-state index contributed by atoms with van der Waals surface area (Å²) in [6.45, 7) is 0. The molecule has 0 radical (unpaired) electrons. The van der Waals surface area contributed by atoms with Crippen LogP contribution in [0.3, 0.4) is 0 Å². The molecule has 0 saturated heterocycles. The molecule has 0 aromatic heterocycles. The number of phenolic OH excluding ortho intramolecular Hbond substituents is 1. The Kier molecular flexibility index (Phi) is 3.88. The van der Waals surface area contributed by atoms with Crippen LogP contribution in [0.4, 0.5) is 0 Å². The van der Waals surface area contributed by atoms with E-state index in [0.29, 0.717) is 0 Å². The minimum atomic E-state index is -3.63. The van der Waals surface area contributed by atoms with E-state index in [9.17, 15) is 14.8 Å². The van der Waals surface area contributed by atoms with E-state index < -0.39 is 13.4 Å². The zero-order chi connectivity index (χ0) is 11.5. The first-order valence-corrected chi connectivity index (χ1v) is 5.83. The maximum atomic E-state index is 11.8. The van der Waals surface area contributed by atoms with Gasteiger partial charge in [0.1, 0.15) is 5.75 Å². The van der Waals surface area contributed by atoms with Crippen LogP contribution in [0.15, 0.2) is 24.3 Å². The van der Waals surface area contributed by atoms with E-state index in [4.69, 9.17) is 0 Å². The van der Waals surface area contributed by atoms with Crippen molar-refractivity contribution in [2.45, 2.75) is 5.85 Å². The summed E-state index contributed by atoms with van der Waals surface area (Å²) in [6.07, 6.45) is 0. The summed E-state index contributed by atoms with van der Waals surface area (Å²) in [6, 6.07) is 6.03. The van der Waals surface area contributed by atoms with Crippen molar-refractivity contribution < 1.29 is 23.8 Å². The first-order valence-electron chi connectivity index (χ1n) is 4.22. The number of aliphatic hydroxyl groups is 1. The smallest absolute Gasteiger partial charge is 0.363 e. The van der Waals surface area contributed by atoms with Gasteiger partial charge in [-0.2, -0.15) is 0 Å². The number of hydrogen-bond donors (Lipinski definition) is 2. The van der Waals surface area contributed by atoms with Gasteiger partial charge in [-0.15, -0.1) is 0 Å². The Morgan fingerprint density at radius 2 is 1.80 bits per heavy atom. The fourth-order valence-electron chi connectivity index (χ4n) is 1.15. The second-order valence-corrected chi connectivity index (χ2v) is 5.14. The molecule has 0 bridgehead atoms. The number of aliphatic hydroxyl groups excluding tert-OH is 1. The van der Waals surface area contributed by atoms with Gasteiger partial charge >= 0.3 is 7.60 Å². The number of aromatic hydroxyl groups is 1. The van der Waals surface area contributed by atoms with Crippen LogP contribution in [0.5, 0.6) is 5.75 Å². The number of hydrogen-bond acceptors (Lipinski definition) is 5. The van der Waals surface area contributed by atoms with Crippen molar-refractivity contribution in [1.29, 1.82) is 0 Å². The van der Waals surface area contributed by atoms with Crippen LogP contribution in [-0.2, 0) is 13.6 Å². The first-order chi connectivity index (χ1) is 7.05. The Hall–Kier alpha value is -0.870. The first kappa shape index (κ1) is 12.2. The number of phenols is 1. The van der Waals surface area contributed by atoms with Crippen molar-refractivity contribution in [3.05, 3.63) is 29.8 Å². The summed E-state index contributed by atoms with van der Waals surface area (Å²) in [5.74, 6) is -1.65. The molecule has 1 aromatic rings. The van der Waals surface area contributed by atoms with Gasteiger partial charge in [0.2, 0.25) is 0 Å². The minimum Gasteiger partial charge on any atom is -0.508 e. The molecule has 0 aliphatic carbocycles. The molecule has 1 atom stereocenters. The molecule has 0 saturated carbocycles. The van der Waals surface area contributed by atoms with Gasteiger partial charge in [-0.05, 0) is 6.07 Å². The van der Waals surface area contributed by atoms with Gasteiger partial charge in [0.15, 0.2) is 5.85 Å². The van der Waals surface area contributed by atoms with Gasteiger partial charge in [-0.3, -0.25) is 4.57 Å². The molecule has 0 aliphatic heterocycles. The fraction of sp³-hybridized carbons (Fsp3) is 0.333. The molecule has 15 heavy (non-hydrogen) atoms. The van der Waals surface area contributed by atoms with Crippen LogP contribution in [-0.4, -0.2) is 24.4 Å². The molecule has 0 amide bonds. The average Bonchev–Trinajstić information content (AvgIpc) is 2.28. The number of benzene rings is 1. The molecular weight excluding hydrogens is 219 g/mol. The predicted molar refractivity (Wildman–Crippen MR) is 54.7 cm³/mol. The van der Waals surface area contributed by atoms with Gasteiger partial charge in [0.25, 0.3) is 0 Å². The highest BCUT2D eigenvalue weighted by atomic mass is 31.2. The standard InChI is InChI=1S/C9H13O5P/c1-13-15(12,14-2)9(11)7-5-3-4-6-8(7)10/h3-6,9-11H,1-2H3. The second-order valence-electron chi connectivity index (χ2n) is 2.84. The highest BCUT2D eigenvalue weighted by Crippen LogP contribution is 2.59. The van der Waals surface area contributed by atoms with Crippen molar-refractivity contribution >= 4 is 7.60 Å². The van der Waals surface area contributed by atoms with Gasteiger partial charge in [-0.25, -0.2) is 0 Å². The molecule has 6 heteroatoms. The van der Waals surface area contributed by atoms with Gasteiger partial charge in [-0.1, -0.05) is 18.2 Å². The molecule has 0 spiro atoms. The Morgan fingerprint density at radius 3 is 2.27 bits per heavy atom. The quantitative estimate of drug-likeness (QED) is 0.775. The molecule has 0 heterocycles. The lowest BCUT2D eigenvalue weighted by molar-refractivity contribution is 0.173. The largest absolute Gasteiger partial charge is 0.508 e. The third-order valence-electron chi connectivity index (χ3n) is 2.02. The number of para-hydroxylation sites is 1. The zero-order valence-corrected chi connectivity index (χ0v) is 9.35. The van der Waals surface area contributed by atoms with E-state index in [1.165, 1.54) is 26.4 Å². The minimum absolute atomic E-state index is 0.115. The van der Waals surface area contributed by atoms with E-state index in [1.54, 1.807) is 12.1 Å². The fourth-order valence-corrected chi connectivity index (χ4v) is 2.26. The van der Waals surface area contributed by atoms with Crippen molar-refractivity contribution in [1.82, 2.24) is 0 Å². The molecule has 2 N–H and O–H groups in total. The summed E-state index contributed by atoms with van der Waals surface area (Å²) in [5.41, 5.74) is 0.115. The number of rotatable bonds is 4. The summed E-state index contributed by atoms with van der Waals surface area (Å²) in [5, 5.41) is 19.2. The van der Waals surface area contributed by atoms with Crippen molar-refractivity contribution in [2.24, 2.45) is 0 Å². The van der Waals surface area contributed by atoms with Crippen LogP contribution in [0.2, 0.25) is 0 Å². The van der Waals surface area contributed by atoms with Gasteiger partial charge < -0.3 is 19.3 Å². The van der Waals surface area contributed by atoms with Crippen LogP contribution >= 0.6 is 7.60 Å². The highest BCUT2D eigenvalue weighted by molar-refractivity contribution is 7.54. The topological polar surface area (TPSA) is 76.0 Å². The van der Waals surface area contributed by atoms with Crippen molar-refractivity contribution in [3.8, 4) is 5.75 Å². The molecule has 84 valence electrons. The summed E-state index contributed by atoms with van der Waals surface area (Å²) in [7, 11) is -1.28. The van der Waals surface area contributed by atoms with E-state index in [1.807, 2.05) is 0 Å². The van der Waals surface area contributed by atoms with Crippen molar-refractivity contribution in [3.63, 3.8) is 0 Å². The Labute approximate surface area is 87.8 Å². The maximum absolute atomic E-state index is 11.8. The monoisotopic (exact) mass is 232 g/mol. The molecule has 0 fully saturated rings. The lowest BCUT2D eigenvalue weighted by atomic mass is 10.2. The predicted octanol–water partition coefficient (Wildman–Crippen LogP) is 1.87. The van der Waals surface area contributed by atoms with Gasteiger partial charge in [0.05, 0.1) is 0 Å². The van der Waals surface area contributed by atoms with Crippen LogP contribution in [0.1, 0.15) is 11.4 Å². The molecule has 1 rings (SSSR count). The van der Waals surface area contributed by atoms with Crippen LogP contribution in [0, 0.1) is 0 Å². The Morgan fingerprint density at radius 1 is 1.27 bits per heavy atom. The van der Waals surface area contributed by atoms with E-state index in [-0.39, 0.29) is 11.3 Å². The lowest BCUT2D eigenvalue weighted by Gasteiger charge is -2.20. The van der Waals surface area contributed by atoms with Gasteiger partial charge in [0, 0.05) is 19.8 Å². The highest BCUT2D eigenvalue weighted by Gasteiger charge is 2.35. The maximum Gasteiger partial charge on any atom is 0.363 e. The zero-order valence-electron chi connectivity index (χ0n) is 8.45. The second kappa shape index (κ2) is 4.77. The molecule has 1 unspecified atom stereocenters. The Balaban J connectivity index is 3.09.